The van der Waals surface area contributed by atoms with Crippen molar-refractivity contribution in [2.24, 2.45) is 0 Å². The van der Waals surface area contributed by atoms with Gasteiger partial charge in [0.05, 0.1) is 17.4 Å². The summed E-state index contributed by atoms with van der Waals surface area (Å²) in [6, 6.07) is 15.9. The van der Waals surface area contributed by atoms with Crippen LogP contribution in [0, 0.1) is 0 Å². The summed E-state index contributed by atoms with van der Waals surface area (Å²) in [5.74, 6) is 1.23. The molecule has 178 valence electrons. The van der Waals surface area contributed by atoms with Gasteiger partial charge in [-0.15, -0.1) is 11.8 Å². The highest BCUT2D eigenvalue weighted by Gasteiger charge is 2.22. The van der Waals surface area contributed by atoms with Crippen molar-refractivity contribution in [3.63, 3.8) is 0 Å². The fraction of sp³-hybridized carbons (Fsp3) is 0.481. The Hall–Kier alpha value is -2.47. The third-order valence-electron chi connectivity index (χ3n) is 5.99. The van der Waals surface area contributed by atoms with Gasteiger partial charge in [-0.2, -0.15) is 0 Å². The molecule has 0 radical (unpaired) electrons. The normalized spacial score (nSPS) is 14.2. The number of amides is 2. The summed E-state index contributed by atoms with van der Waals surface area (Å²) >= 11 is 1.45. The second-order valence-electron chi connectivity index (χ2n) is 8.90. The standard InChI is InChI=1S/C27H36N2O3S/c1-20(2)32-23-15-13-21(14-16-23)17-18-28-27(31)24-11-7-8-12-25(24)33-19-26(30)29(3)22-9-5-4-6-10-22/h7-8,11-16,20,22H,4-6,9-10,17-19H2,1-3H3,(H,28,31). The van der Waals surface area contributed by atoms with Gasteiger partial charge in [0.15, 0.2) is 0 Å². The highest BCUT2D eigenvalue weighted by atomic mass is 32.2. The molecule has 1 fully saturated rings. The number of hydrogen-bond acceptors (Lipinski definition) is 4. The van der Waals surface area contributed by atoms with Gasteiger partial charge in [0.25, 0.3) is 5.91 Å². The van der Waals surface area contributed by atoms with E-state index in [2.05, 4.69) is 5.32 Å². The van der Waals surface area contributed by atoms with E-state index in [-0.39, 0.29) is 17.9 Å². The third-order valence-corrected chi connectivity index (χ3v) is 7.05. The molecule has 1 aliphatic carbocycles. The first kappa shape index (κ1) is 25.2. The van der Waals surface area contributed by atoms with Crippen molar-refractivity contribution >= 4 is 23.6 Å². The molecule has 1 saturated carbocycles. The van der Waals surface area contributed by atoms with Crippen LogP contribution in [0.5, 0.6) is 5.75 Å². The van der Waals surface area contributed by atoms with Crippen molar-refractivity contribution in [1.29, 1.82) is 0 Å². The number of nitrogens with zero attached hydrogens (tertiary/aromatic N) is 1. The molecule has 33 heavy (non-hydrogen) atoms. The van der Waals surface area contributed by atoms with Crippen molar-refractivity contribution in [3.8, 4) is 5.75 Å². The average Bonchev–Trinajstić information content (AvgIpc) is 2.83. The molecule has 3 rings (SSSR count). The zero-order valence-electron chi connectivity index (χ0n) is 20.0. The van der Waals surface area contributed by atoms with Gasteiger partial charge in [-0.1, -0.05) is 43.5 Å². The summed E-state index contributed by atoms with van der Waals surface area (Å²) in [6.07, 6.45) is 6.76. The summed E-state index contributed by atoms with van der Waals surface area (Å²) in [7, 11) is 1.92. The number of carbonyl (C=O) groups excluding carboxylic acids is 2. The summed E-state index contributed by atoms with van der Waals surface area (Å²) in [4.78, 5) is 28.3. The van der Waals surface area contributed by atoms with Crippen molar-refractivity contribution in [3.05, 3.63) is 59.7 Å². The van der Waals surface area contributed by atoms with E-state index < -0.39 is 0 Å². The molecule has 6 heteroatoms. The number of carbonyl (C=O) groups is 2. The quantitative estimate of drug-likeness (QED) is 0.479. The van der Waals surface area contributed by atoms with Crippen LogP contribution in [0.1, 0.15) is 61.9 Å². The lowest BCUT2D eigenvalue weighted by atomic mass is 9.94. The predicted molar refractivity (Wildman–Crippen MR) is 135 cm³/mol. The van der Waals surface area contributed by atoms with Crippen molar-refractivity contribution in [2.45, 2.75) is 69.4 Å². The highest BCUT2D eigenvalue weighted by molar-refractivity contribution is 8.00. The Morgan fingerprint density at radius 2 is 1.76 bits per heavy atom. The van der Waals surface area contributed by atoms with Crippen molar-refractivity contribution in [2.75, 3.05) is 19.3 Å². The molecule has 2 aromatic rings. The SMILES string of the molecule is CC(C)Oc1ccc(CCNC(=O)c2ccccc2SCC(=O)N(C)C2CCCCC2)cc1. The van der Waals surface area contributed by atoms with Crippen LogP contribution >= 0.6 is 11.8 Å². The molecule has 1 aliphatic rings. The number of nitrogens with one attached hydrogen (secondary N) is 1. The molecule has 0 spiro atoms. The Morgan fingerprint density at radius 3 is 2.45 bits per heavy atom. The van der Waals surface area contributed by atoms with Gasteiger partial charge in [-0.3, -0.25) is 9.59 Å². The van der Waals surface area contributed by atoms with E-state index in [0.29, 0.717) is 23.9 Å². The highest BCUT2D eigenvalue weighted by Crippen LogP contribution is 2.26. The number of hydrogen-bond donors (Lipinski definition) is 1. The van der Waals surface area contributed by atoms with E-state index in [1.165, 1.54) is 31.0 Å². The zero-order chi connectivity index (χ0) is 23.6. The molecule has 2 aromatic carbocycles. The van der Waals surface area contributed by atoms with Gasteiger partial charge in [-0.05, 0) is 62.9 Å². The minimum absolute atomic E-state index is 0.106. The average molecular weight is 469 g/mol. The lowest BCUT2D eigenvalue weighted by molar-refractivity contribution is -0.129. The van der Waals surface area contributed by atoms with Crippen molar-refractivity contribution in [1.82, 2.24) is 10.2 Å². The van der Waals surface area contributed by atoms with Gasteiger partial charge in [0.1, 0.15) is 5.75 Å². The van der Waals surface area contributed by atoms with Crippen LogP contribution in [0.25, 0.3) is 0 Å². The third kappa shape index (κ3) is 7.81. The number of thioether (sulfide) groups is 1. The largest absolute Gasteiger partial charge is 0.491 e. The van der Waals surface area contributed by atoms with Gasteiger partial charge in [-0.25, -0.2) is 0 Å². The molecule has 0 heterocycles. The van der Waals surface area contributed by atoms with Crippen LogP contribution in [0.3, 0.4) is 0 Å². The topological polar surface area (TPSA) is 58.6 Å². The fourth-order valence-electron chi connectivity index (χ4n) is 4.12. The Labute approximate surface area is 202 Å². The van der Waals surface area contributed by atoms with Crippen LogP contribution in [0.4, 0.5) is 0 Å². The Bertz CT molecular complexity index is 908. The molecule has 2 amide bonds. The van der Waals surface area contributed by atoms with Gasteiger partial charge in [0.2, 0.25) is 5.91 Å². The predicted octanol–water partition coefficient (Wildman–Crippen LogP) is 5.33. The number of rotatable bonds is 10. The minimum Gasteiger partial charge on any atom is -0.491 e. The molecule has 0 aliphatic heterocycles. The molecule has 5 nitrogen and oxygen atoms in total. The van der Waals surface area contributed by atoms with Crippen LogP contribution in [0.2, 0.25) is 0 Å². The van der Waals surface area contributed by atoms with Crippen LogP contribution in [-0.4, -0.2) is 48.2 Å². The molecule has 0 saturated heterocycles. The maximum absolute atomic E-state index is 12.8. The van der Waals surface area contributed by atoms with E-state index in [9.17, 15) is 9.59 Å². The number of benzene rings is 2. The maximum Gasteiger partial charge on any atom is 0.252 e. The van der Waals surface area contributed by atoms with Crippen LogP contribution in [-0.2, 0) is 11.2 Å². The van der Waals surface area contributed by atoms with Gasteiger partial charge in [0, 0.05) is 24.5 Å². The number of ether oxygens (including phenoxy) is 1. The monoisotopic (exact) mass is 468 g/mol. The minimum atomic E-state index is -0.106. The second kappa shape index (κ2) is 12.7. The molecular weight excluding hydrogens is 432 g/mol. The zero-order valence-corrected chi connectivity index (χ0v) is 20.8. The lowest BCUT2D eigenvalue weighted by Crippen LogP contribution is -2.39. The second-order valence-corrected chi connectivity index (χ2v) is 9.91. The molecular formula is C27H36N2O3S. The van der Waals surface area contributed by atoms with E-state index in [0.717, 1.165) is 35.5 Å². The Kier molecular flexibility index (Phi) is 9.67. The van der Waals surface area contributed by atoms with E-state index >= 15 is 0 Å². The van der Waals surface area contributed by atoms with Crippen LogP contribution < -0.4 is 10.1 Å². The van der Waals surface area contributed by atoms with E-state index in [4.69, 9.17) is 4.74 Å². The Balaban J connectivity index is 1.49. The summed E-state index contributed by atoms with van der Waals surface area (Å²) in [5.41, 5.74) is 1.77. The summed E-state index contributed by atoms with van der Waals surface area (Å²) in [6.45, 7) is 4.56. The van der Waals surface area contributed by atoms with Gasteiger partial charge < -0.3 is 15.0 Å². The first-order valence-corrected chi connectivity index (χ1v) is 12.9. The maximum atomic E-state index is 12.8. The van der Waals surface area contributed by atoms with Gasteiger partial charge >= 0.3 is 0 Å². The van der Waals surface area contributed by atoms with Crippen LogP contribution in [0.15, 0.2) is 53.4 Å². The molecule has 0 bridgehead atoms. The lowest BCUT2D eigenvalue weighted by Gasteiger charge is -2.31. The first-order chi connectivity index (χ1) is 15.9. The summed E-state index contributed by atoms with van der Waals surface area (Å²) in [5, 5.41) is 3.02. The van der Waals surface area contributed by atoms with Crippen molar-refractivity contribution < 1.29 is 14.3 Å². The van der Waals surface area contributed by atoms with E-state index in [1.54, 1.807) is 0 Å². The Morgan fingerprint density at radius 1 is 1.06 bits per heavy atom. The molecule has 1 N–H and O–H groups in total. The smallest absolute Gasteiger partial charge is 0.252 e. The molecule has 0 aromatic heterocycles. The molecule has 0 unspecified atom stereocenters. The fourth-order valence-corrected chi connectivity index (χ4v) is 5.09. The summed E-state index contributed by atoms with van der Waals surface area (Å²) < 4.78 is 5.67. The van der Waals surface area contributed by atoms with E-state index in [1.807, 2.05) is 74.3 Å². The molecule has 0 atom stereocenters. The first-order valence-electron chi connectivity index (χ1n) is 12.0.